The summed E-state index contributed by atoms with van der Waals surface area (Å²) in [5.74, 6) is -4.23. The molecular formula is C21H18F6N4O4. The number of pyridine rings is 1. The highest BCUT2D eigenvalue weighted by atomic mass is 19.4. The predicted molar refractivity (Wildman–Crippen MR) is 108 cm³/mol. The van der Waals surface area contributed by atoms with Crippen molar-refractivity contribution in [1.82, 2.24) is 9.88 Å². The highest BCUT2D eigenvalue weighted by Crippen LogP contribution is 2.29. The van der Waals surface area contributed by atoms with Crippen LogP contribution in [0.2, 0.25) is 0 Å². The number of nitrogens with zero attached hydrogens (tertiary/aromatic N) is 2. The van der Waals surface area contributed by atoms with E-state index in [1.807, 2.05) is 0 Å². The van der Waals surface area contributed by atoms with Crippen molar-refractivity contribution in [1.29, 1.82) is 0 Å². The molecule has 1 aliphatic heterocycles. The molecule has 35 heavy (non-hydrogen) atoms. The quantitative estimate of drug-likeness (QED) is 0.478. The van der Waals surface area contributed by atoms with Crippen LogP contribution in [0.5, 0.6) is 0 Å². The molecule has 0 radical (unpaired) electrons. The van der Waals surface area contributed by atoms with Gasteiger partial charge in [-0.25, -0.2) is 9.78 Å². The summed E-state index contributed by atoms with van der Waals surface area (Å²) in [6.07, 6.45) is -11.1. The number of hydrogen-bond donors (Lipinski definition) is 2. The fourth-order valence-corrected chi connectivity index (χ4v) is 3.31. The van der Waals surface area contributed by atoms with Crippen molar-refractivity contribution in [3.63, 3.8) is 0 Å². The molecule has 8 nitrogen and oxygen atoms in total. The number of alkyl halides is 6. The minimum atomic E-state index is -5.15. The number of esters is 1. The van der Waals surface area contributed by atoms with Gasteiger partial charge in [-0.3, -0.25) is 9.59 Å². The molecule has 1 atom stereocenters. The average molecular weight is 504 g/mol. The van der Waals surface area contributed by atoms with Crippen molar-refractivity contribution in [2.75, 3.05) is 18.4 Å². The number of likely N-dealkylation sites (tertiary alicyclic amines) is 1. The second-order valence-electron chi connectivity index (χ2n) is 7.55. The molecule has 0 aliphatic carbocycles. The lowest BCUT2D eigenvalue weighted by molar-refractivity contribution is -0.204. The first-order valence-corrected chi connectivity index (χ1v) is 10.0. The second-order valence-corrected chi connectivity index (χ2v) is 7.55. The molecule has 0 bridgehead atoms. The molecule has 1 aromatic carbocycles. The van der Waals surface area contributed by atoms with Gasteiger partial charge in [0.15, 0.2) is 0 Å². The van der Waals surface area contributed by atoms with Gasteiger partial charge < -0.3 is 20.7 Å². The van der Waals surface area contributed by atoms with Gasteiger partial charge in [0.05, 0.1) is 6.54 Å². The standard InChI is InChI=1S/C21H18F6N4O4/c22-20(23,24)15-6-11(9-28)7-16(29-15)30-17(32)12-2-1-3-13(8-12)18(33)31-5-4-14(10-31)35-19(34)21(25,26)27/h1-3,6-8,14H,4-5,9-10,28H2,(H,29,30,32)/t14-/m0/s1. The number of benzene rings is 1. The van der Waals surface area contributed by atoms with E-state index in [0.717, 1.165) is 11.0 Å². The number of ether oxygens (including phenoxy) is 1. The van der Waals surface area contributed by atoms with Crippen LogP contribution in [0, 0.1) is 0 Å². The van der Waals surface area contributed by atoms with Gasteiger partial charge in [0, 0.05) is 30.6 Å². The lowest BCUT2D eigenvalue weighted by atomic mass is 10.1. The molecule has 0 spiro atoms. The number of nitrogens with two attached hydrogens (primary N) is 1. The Morgan fingerprint density at radius 2 is 1.77 bits per heavy atom. The van der Waals surface area contributed by atoms with Crippen LogP contribution in [-0.4, -0.2) is 53.0 Å². The number of halogens is 6. The Hall–Kier alpha value is -3.68. The smallest absolute Gasteiger partial charge is 0.454 e. The van der Waals surface area contributed by atoms with Crippen molar-refractivity contribution in [3.8, 4) is 0 Å². The maximum atomic E-state index is 13.0. The number of amides is 2. The van der Waals surface area contributed by atoms with Gasteiger partial charge in [0.25, 0.3) is 11.8 Å². The third-order valence-electron chi connectivity index (χ3n) is 4.96. The molecule has 2 heterocycles. The molecule has 0 saturated carbocycles. The fraction of sp³-hybridized carbons (Fsp3) is 0.333. The van der Waals surface area contributed by atoms with Crippen LogP contribution >= 0.6 is 0 Å². The Kier molecular flexibility index (Phi) is 7.33. The van der Waals surface area contributed by atoms with Crippen LogP contribution in [0.15, 0.2) is 36.4 Å². The SMILES string of the molecule is NCc1cc(NC(=O)c2cccc(C(=O)N3CC[C@H](OC(=O)C(F)(F)F)C3)c2)nc(C(F)(F)F)c1. The molecule has 188 valence electrons. The minimum Gasteiger partial charge on any atom is -0.454 e. The van der Waals surface area contributed by atoms with Crippen molar-refractivity contribution in [2.24, 2.45) is 5.73 Å². The van der Waals surface area contributed by atoms with E-state index in [4.69, 9.17) is 5.73 Å². The van der Waals surface area contributed by atoms with E-state index in [0.29, 0.717) is 0 Å². The molecule has 2 amide bonds. The number of carbonyl (C=O) groups is 3. The van der Waals surface area contributed by atoms with Gasteiger partial charge in [0.1, 0.15) is 17.6 Å². The summed E-state index contributed by atoms with van der Waals surface area (Å²) in [6, 6.07) is 7.11. The van der Waals surface area contributed by atoms with Gasteiger partial charge in [0.2, 0.25) is 0 Å². The molecular weight excluding hydrogens is 486 g/mol. The minimum absolute atomic E-state index is 0.0000894. The first-order chi connectivity index (χ1) is 16.3. The van der Waals surface area contributed by atoms with Gasteiger partial charge in [-0.1, -0.05) is 6.07 Å². The summed E-state index contributed by atoms with van der Waals surface area (Å²) in [5, 5.41) is 2.23. The largest absolute Gasteiger partial charge is 0.490 e. The number of hydrogen-bond acceptors (Lipinski definition) is 6. The maximum Gasteiger partial charge on any atom is 0.490 e. The second kappa shape index (κ2) is 9.90. The molecule has 3 rings (SSSR count). The van der Waals surface area contributed by atoms with Gasteiger partial charge in [-0.05, 0) is 35.9 Å². The van der Waals surface area contributed by atoms with Crippen LogP contribution in [-0.2, 0) is 22.3 Å². The van der Waals surface area contributed by atoms with E-state index in [9.17, 15) is 40.7 Å². The van der Waals surface area contributed by atoms with E-state index >= 15 is 0 Å². The monoisotopic (exact) mass is 504 g/mol. The molecule has 14 heteroatoms. The summed E-state index contributed by atoms with van der Waals surface area (Å²) < 4.78 is 80.6. The van der Waals surface area contributed by atoms with E-state index in [-0.39, 0.29) is 42.7 Å². The van der Waals surface area contributed by atoms with Gasteiger partial charge in [-0.15, -0.1) is 0 Å². The molecule has 1 aromatic heterocycles. The zero-order valence-corrected chi connectivity index (χ0v) is 17.7. The summed E-state index contributed by atoms with van der Waals surface area (Å²) in [6.45, 7) is -0.484. The van der Waals surface area contributed by atoms with Crippen molar-refractivity contribution in [3.05, 3.63) is 58.8 Å². The van der Waals surface area contributed by atoms with E-state index in [1.54, 1.807) is 0 Å². The molecule has 2 aromatic rings. The number of anilines is 1. The zero-order chi connectivity index (χ0) is 26.0. The molecule has 0 unspecified atom stereocenters. The molecule has 1 aliphatic rings. The van der Waals surface area contributed by atoms with Crippen LogP contribution in [0.25, 0.3) is 0 Å². The summed E-state index contributed by atoms with van der Waals surface area (Å²) >= 11 is 0. The van der Waals surface area contributed by atoms with Crippen LogP contribution in [0.4, 0.5) is 32.2 Å². The maximum absolute atomic E-state index is 13.0. The molecule has 1 fully saturated rings. The Labute approximate surface area is 194 Å². The van der Waals surface area contributed by atoms with E-state index in [2.05, 4.69) is 15.0 Å². The molecule has 3 N–H and O–H groups in total. The highest BCUT2D eigenvalue weighted by molar-refractivity contribution is 6.05. The number of nitrogens with one attached hydrogen (secondary N) is 1. The Balaban J connectivity index is 1.71. The number of carbonyl (C=O) groups excluding carboxylic acids is 3. The summed E-state index contributed by atoms with van der Waals surface area (Å²) in [4.78, 5) is 40.8. The third kappa shape index (κ3) is 6.47. The van der Waals surface area contributed by atoms with Crippen molar-refractivity contribution >= 4 is 23.6 Å². The van der Waals surface area contributed by atoms with Crippen molar-refractivity contribution < 1.29 is 45.5 Å². The van der Waals surface area contributed by atoms with Crippen LogP contribution < -0.4 is 11.1 Å². The van der Waals surface area contributed by atoms with E-state index in [1.165, 1.54) is 30.3 Å². The summed E-state index contributed by atoms with van der Waals surface area (Å²) in [5.41, 5.74) is 4.17. The van der Waals surface area contributed by atoms with E-state index < -0.39 is 47.8 Å². The lowest BCUT2D eigenvalue weighted by Crippen LogP contribution is -2.34. The third-order valence-corrected chi connectivity index (χ3v) is 4.96. The Bertz CT molecular complexity index is 1140. The van der Waals surface area contributed by atoms with Crippen LogP contribution in [0.3, 0.4) is 0 Å². The van der Waals surface area contributed by atoms with Gasteiger partial charge in [-0.2, -0.15) is 26.3 Å². The number of aromatic nitrogens is 1. The Morgan fingerprint density at radius 1 is 1.09 bits per heavy atom. The first-order valence-electron chi connectivity index (χ1n) is 10.0. The number of rotatable bonds is 5. The van der Waals surface area contributed by atoms with Crippen LogP contribution in [0.1, 0.15) is 38.4 Å². The zero-order valence-electron chi connectivity index (χ0n) is 17.7. The summed E-state index contributed by atoms with van der Waals surface area (Å²) in [7, 11) is 0. The highest BCUT2D eigenvalue weighted by Gasteiger charge is 2.43. The predicted octanol–water partition coefficient (Wildman–Crippen LogP) is 3.13. The Morgan fingerprint density at radius 3 is 2.40 bits per heavy atom. The first kappa shape index (κ1) is 25.9. The topological polar surface area (TPSA) is 115 Å². The average Bonchev–Trinajstić information content (AvgIpc) is 3.25. The fourth-order valence-electron chi connectivity index (χ4n) is 3.31. The van der Waals surface area contributed by atoms with Gasteiger partial charge >= 0.3 is 18.3 Å². The normalized spacial score (nSPS) is 16.2. The van der Waals surface area contributed by atoms with Crippen molar-refractivity contribution in [2.45, 2.75) is 31.4 Å². The molecule has 1 saturated heterocycles. The lowest BCUT2D eigenvalue weighted by Gasteiger charge is -2.17.